The van der Waals surface area contributed by atoms with Crippen LogP contribution in [0.4, 0.5) is 0 Å². The molecule has 0 aliphatic heterocycles. The van der Waals surface area contributed by atoms with Gasteiger partial charge in [0.1, 0.15) is 0 Å². The average Bonchev–Trinajstić information content (AvgIpc) is 3.04. The van der Waals surface area contributed by atoms with Crippen molar-refractivity contribution in [3.05, 3.63) is 86.6 Å². The molecule has 0 aliphatic rings. The molecule has 0 fully saturated rings. The molecule has 27 heavy (non-hydrogen) atoms. The lowest BCUT2D eigenvalue weighted by Crippen LogP contribution is -2.28. The van der Waals surface area contributed by atoms with Gasteiger partial charge in [-0.2, -0.15) is 5.10 Å². The Hall–Kier alpha value is -3.15. The normalized spacial score (nSPS) is 10.8. The highest BCUT2D eigenvalue weighted by Crippen LogP contribution is 2.13. The zero-order chi connectivity index (χ0) is 19.4. The van der Waals surface area contributed by atoms with E-state index in [1.807, 2.05) is 61.9 Å². The summed E-state index contributed by atoms with van der Waals surface area (Å²) in [5, 5.41) is 7.25. The van der Waals surface area contributed by atoms with Gasteiger partial charge < -0.3 is 10.3 Å². The third kappa shape index (κ3) is 4.16. The summed E-state index contributed by atoms with van der Waals surface area (Å²) in [6, 6.07) is 11.9. The molecule has 0 bridgehead atoms. The zero-order valence-electron chi connectivity index (χ0n) is 15.9. The number of amides is 1. The number of nitrogens with zero attached hydrogens (tertiary/aromatic N) is 2. The SMILES string of the molecule is CCc1c(C(=O)NCc2c(C)cc(C)[nH]c2=O)cnn1Cc1ccccc1. The Labute approximate surface area is 158 Å². The number of carbonyl (C=O) groups is 1. The van der Waals surface area contributed by atoms with E-state index in [4.69, 9.17) is 0 Å². The summed E-state index contributed by atoms with van der Waals surface area (Å²) in [5.41, 5.74) is 4.65. The van der Waals surface area contributed by atoms with Gasteiger partial charge in [-0.3, -0.25) is 14.3 Å². The largest absolute Gasteiger partial charge is 0.348 e. The molecule has 0 saturated carbocycles. The summed E-state index contributed by atoms with van der Waals surface area (Å²) in [7, 11) is 0. The Morgan fingerprint density at radius 3 is 2.63 bits per heavy atom. The highest BCUT2D eigenvalue weighted by molar-refractivity contribution is 5.95. The van der Waals surface area contributed by atoms with Gasteiger partial charge in [0.2, 0.25) is 0 Å². The van der Waals surface area contributed by atoms with Crippen molar-refractivity contribution in [1.82, 2.24) is 20.1 Å². The number of pyridine rings is 1. The minimum atomic E-state index is -0.217. The Balaban J connectivity index is 1.77. The van der Waals surface area contributed by atoms with E-state index < -0.39 is 0 Å². The predicted octanol–water partition coefficient (Wildman–Crippen LogP) is 2.73. The maximum Gasteiger partial charge on any atom is 0.255 e. The molecule has 3 rings (SSSR count). The first kappa shape index (κ1) is 18.6. The third-order valence-electron chi connectivity index (χ3n) is 4.62. The molecule has 0 atom stereocenters. The number of hydrogen-bond acceptors (Lipinski definition) is 3. The lowest BCUT2D eigenvalue weighted by atomic mass is 10.1. The molecule has 1 amide bonds. The van der Waals surface area contributed by atoms with Crippen LogP contribution in [0.5, 0.6) is 0 Å². The first-order chi connectivity index (χ1) is 13.0. The average molecular weight is 364 g/mol. The minimum Gasteiger partial charge on any atom is -0.348 e. The molecule has 0 radical (unpaired) electrons. The number of carbonyl (C=O) groups excluding carboxylic acids is 1. The third-order valence-corrected chi connectivity index (χ3v) is 4.62. The highest BCUT2D eigenvalue weighted by atomic mass is 16.2. The van der Waals surface area contributed by atoms with Crippen LogP contribution in [-0.2, 0) is 19.5 Å². The van der Waals surface area contributed by atoms with E-state index in [2.05, 4.69) is 15.4 Å². The van der Waals surface area contributed by atoms with Crippen molar-refractivity contribution < 1.29 is 4.79 Å². The summed E-state index contributed by atoms with van der Waals surface area (Å²) in [6.07, 6.45) is 2.29. The van der Waals surface area contributed by atoms with Crippen LogP contribution >= 0.6 is 0 Å². The molecule has 1 aromatic carbocycles. The number of hydrogen-bond donors (Lipinski definition) is 2. The predicted molar refractivity (Wildman–Crippen MR) is 105 cm³/mol. The van der Waals surface area contributed by atoms with Crippen molar-refractivity contribution in [1.29, 1.82) is 0 Å². The van der Waals surface area contributed by atoms with Gasteiger partial charge in [0.25, 0.3) is 11.5 Å². The molecular formula is C21H24N4O2. The monoisotopic (exact) mass is 364 g/mol. The van der Waals surface area contributed by atoms with Crippen LogP contribution in [0.2, 0.25) is 0 Å². The molecule has 2 aromatic heterocycles. The van der Waals surface area contributed by atoms with E-state index in [0.717, 1.165) is 22.5 Å². The number of H-pyrrole nitrogens is 1. The second-order valence-electron chi connectivity index (χ2n) is 6.63. The topological polar surface area (TPSA) is 79.8 Å². The Morgan fingerprint density at radius 2 is 1.96 bits per heavy atom. The lowest BCUT2D eigenvalue weighted by Gasteiger charge is -2.10. The second kappa shape index (κ2) is 8.03. The first-order valence-corrected chi connectivity index (χ1v) is 9.05. The van der Waals surface area contributed by atoms with E-state index >= 15 is 0 Å². The quantitative estimate of drug-likeness (QED) is 0.706. The van der Waals surface area contributed by atoms with E-state index in [1.54, 1.807) is 6.20 Å². The van der Waals surface area contributed by atoms with Crippen LogP contribution < -0.4 is 10.9 Å². The van der Waals surface area contributed by atoms with Crippen LogP contribution in [0.15, 0.2) is 47.4 Å². The molecule has 0 aliphatic carbocycles. The zero-order valence-corrected chi connectivity index (χ0v) is 15.9. The second-order valence-corrected chi connectivity index (χ2v) is 6.63. The van der Waals surface area contributed by atoms with Crippen molar-refractivity contribution in [2.24, 2.45) is 0 Å². The molecule has 6 heteroatoms. The summed E-state index contributed by atoms with van der Waals surface area (Å²) >= 11 is 0. The molecule has 3 aromatic rings. The van der Waals surface area contributed by atoms with Gasteiger partial charge in [0.15, 0.2) is 0 Å². The molecule has 0 saturated heterocycles. The number of aromatic amines is 1. The highest BCUT2D eigenvalue weighted by Gasteiger charge is 2.17. The maximum absolute atomic E-state index is 12.7. The van der Waals surface area contributed by atoms with E-state index in [0.29, 0.717) is 24.1 Å². The van der Waals surface area contributed by atoms with Gasteiger partial charge in [0.05, 0.1) is 24.0 Å². The Morgan fingerprint density at radius 1 is 1.22 bits per heavy atom. The van der Waals surface area contributed by atoms with E-state index in [1.165, 1.54) is 0 Å². The molecule has 0 spiro atoms. The number of rotatable bonds is 6. The summed E-state index contributed by atoms with van der Waals surface area (Å²) in [5.74, 6) is -0.217. The fraction of sp³-hybridized carbons (Fsp3) is 0.286. The molecule has 2 N–H and O–H groups in total. The standard InChI is InChI=1S/C21H24N4O2/c1-4-19-18(12-23-25(19)13-16-8-6-5-7-9-16)20(26)22-11-17-14(2)10-15(3)24-21(17)27/h5-10,12H,4,11,13H2,1-3H3,(H,22,26)(H,24,27). The van der Waals surface area contributed by atoms with Gasteiger partial charge in [-0.15, -0.1) is 0 Å². The Bertz CT molecular complexity index is 1000. The first-order valence-electron chi connectivity index (χ1n) is 9.05. The van der Waals surface area contributed by atoms with Gasteiger partial charge >= 0.3 is 0 Å². The lowest BCUT2D eigenvalue weighted by molar-refractivity contribution is 0.0949. The van der Waals surface area contributed by atoms with Crippen molar-refractivity contribution in [2.45, 2.75) is 40.3 Å². The van der Waals surface area contributed by atoms with Gasteiger partial charge in [-0.1, -0.05) is 37.3 Å². The van der Waals surface area contributed by atoms with E-state index in [9.17, 15) is 9.59 Å². The molecule has 6 nitrogen and oxygen atoms in total. The number of benzene rings is 1. The van der Waals surface area contributed by atoms with Crippen molar-refractivity contribution in [3.63, 3.8) is 0 Å². The summed E-state index contributed by atoms with van der Waals surface area (Å²) in [4.78, 5) is 27.6. The van der Waals surface area contributed by atoms with Crippen LogP contribution in [0.1, 0.15) is 45.4 Å². The van der Waals surface area contributed by atoms with Gasteiger partial charge in [-0.05, 0) is 37.5 Å². The van der Waals surface area contributed by atoms with Crippen LogP contribution in [0, 0.1) is 13.8 Å². The van der Waals surface area contributed by atoms with Crippen LogP contribution in [0.25, 0.3) is 0 Å². The molecule has 2 heterocycles. The fourth-order valence-corrected chi connectivity index (χ4v) is 3.23. The number of aryl methyl sites for hydroxylation is 2. The minimum absolute atomic E-state index is 0.164. The molecule has 140 valence electrons. The van der Waals surface area contributed by atoms with Crippen LogP contribution in [-0.4, -0.2) is 20.7 Å². The molecular weight excluding hydrogens is 340 g/mol. The van der Waals surface area contributed by atoms with Crippen molar-refractivity contribution in [2.75, 3.05) is 0 Å². The van der Waals surface area contributed by atoms with Crippen molar-refractivity contribution >= 4 is 5.91 Å². The Kier molecular flexibility index (Phi) is 5.54. The van der Waals surface area contributed by atoms with Gasteiger partial charge in [-0.25, -0.2) is 0 Å². The van der Waals surface area contributed by atoms with Crippen LogP contribution in [0.3, 0.4) is 0 Å². The number of aromatic nitrogens is 3. The van der Waals surface area contributed by atoms with E-state index in [-0.39, 0.29) is 18.0 Å². The maximum atomic E-state index is 12.7. The van der Waals surface area contributed by atoms with Gasteiger partial charge in [0, 0.05) is 17.8 Å². The number of nitrogens with one attached hydrogen (secondary N) is 2. The fourth-order valence-electron chi connectivity index (χ4n) is 3.23. The van der Waals surface area contributed by atoms with Crippen molar-refractivity contribution in [3.8, 4) is 0 Å². The summed E-state index contributed by atoms with van der Waals surface area (Å²) in [6.45, 7) is 6.52. The summed E-state index contributed by atoms with van der Waals surface area (Å²) < 4.78 is 1.86. The smallest absolute Gasteiger partial charge is 0.255 e. The molecule has 0 unspecified atom stereocenters.